The maximum Gasteiger partial charge on any atom is 0.433 e. The summed E-state index contributed by atoms with van der Waals surface area (Å²) >= 11 is 0. The molecule has 0 amide bonds. The molecule has 0 aromatic carbocycles. The van der Waals surface area contributed by atoms with Crippen molar-refractivity contribution in [2.24, 2.45) is 16.6 Å². The third-order valence-electron chi connectivity index (χ3n) is 4.98. The molecule has 3 nitrogen and oxygen atoms in total. The second kappa shape index (κ2) is 5.94. The molecule has 1 fully saturated rings. The minimum absolute atomic E-state index is 0.0140. The lowest BCUT2D eigenvalue weighted by molar-refractivity contribution is -0.146. The third kappa shape index (κ3) is 3.58. The predicted octanol–water partition coefficient (Wildman–Crippen LogP) is 4.56. The zero-order valence-corrected chi connectivity index (χ0v) is 14.7. The zero-order chi connectivity index (χ0) is 20.3. The molecule has 0 radical (unpaired) electrons. The largest absolute Gasteiger partial charge is 0.433 e. The number of Topliss-reactive ketones (excluding diaryl/α,β-unsaturated/α-hetero) is 1. The molecule has 1 aromatic rings. The molecule has 2 rings (SSSR count). The van der Waals surface area contributed by atoms with Gasteiger partial charge in [-0.15, -0.1) is 0 Å². The van der Waals surface area contributed by atoms with Crippen molar-refractivity contribution in [2.75, 3.05) is 0 Å². The van der Waals surface area contributed by atoms with Gasteiger partial charge < -0.3 is 5.73 Å². The maximum atomic E-state index is 13.1. The number of halogens is 6. The number of pyridine rings is 1. The highest BCUT2D eigenvalue weighted by molar-refractivity contribution is 5.91. The lowest BCUT2D eigenvalue weighted by atomic mass is 9.54. The first-order valence-electron chi connectivity index (χ1n) is 7.94. The molecule has 2 N–H and O–H groups in total. The van der Waals surface area contributed by atoms with E-state index in [1.165, 1.54) is 13.8 Å². The van der Waals surface area contributed by atoms with Crippen LogP contribution < -0.4 is 5.73 Å². The van der Waals surface area contributed by atoms with Gasteiger partial charge in [0.1, 0.15) is 5.69 Å². The molecular weight excluding hydrogens is 362 g/mol. The Morgan fingerprint density at radius 2 is 1.58 bits per heavy atom. The number of hydrogen-bond acceptors (Lipinski definition) is 3. The second-order valence-corrected chi connectivity index (χ2v) is 7.98. The van der Waals surface area contributed by atoms with Crippen molar-refractivity contribution in [2.45, 2.75) is 58.4 Å². The summed E-state index contributed by atoms with van der Waals surface area (Å²) in [6, 6.07) is -0.239. The van der Waals surface area contributed by atoms with Crippen LogP contribution in [0.5, 0.6) is 0 Å². The highest BCUT2D eigenvalue weighted by Crippen LogP contribution is 2.54. The molecule has 2 atom stereocenters. The van der Waals surface area contributed by atoms with Crippen LogP contribution >= 0.6 is 0 Å². The van der Waals surface area contributed by atoms with Gasteiger partial charge in [-0.05, 0) is 24.0 Å². The van der Waals surface area contributed by atoms with Gasteiger partial charge in [0.05, 0.1) is 11.6 Å². The van der Waals surface area contributed by atoms with E-state index in [1.807, 2.05) is 0 Å². The Balaban J connectivity index is 2.74. The smallest absolute Gasteiger partial charge is 0.321 e. The van der Waals surface area contributed by atoms with E-state index < -0.39 is 57.9 Å². The molecule has 1 saturated carbocycles. The highest BCUT2D eigenvalue weighted by Gasteiger charge is 2.54. The summed E-state index contributed by atoms with van der Waals surface area (Å²) in [7, 11) is 0. The van der Waals surface area contributed by atoms with Crippen LogP contribution in [0, 0.1) is 10.8 Å². The molecule has 0 saturated heterocycles. The topological polar surface area (TPSA) is 56.0 Å². The average Bonchev–Trinajstić information content (AvgIpc) is 2.41. The summed E-state index contributed by atoms with van der Waals surface area (Å²) in [6.07, 6.45) is -9.88. The average molecular weight is 382 g/mol. The summed E-state index contributed by atoms with van der Waals surface area (Å²) in [5, 5.41) is 0. The van der Waals surface area contributed by atoms with Crippen LogP contribution in [0.4, 0.5) is 26.3 Å². The molecular formula is C17H20F6N2O. The van der Waals surface area contributed by atoms with Crippen LogP contribution in [-0.4, -0.2) is 16.8 Å². The number of nitrogens with zero attached hydrogens (tertiary/aromatic N) is 1. The normalized spacial score (nSPS) is 26.0. The lowest BCUT2D eigenvalue weighted by Crippen LogP contribution is -2.54. The van der Waals surface area contributed by atoms with Gasteiger partial charge in [-0.2, -0.15) is 26.3 Å². The first-order valence-corrected chi connectivity index (χ1v) is 7.94. The van der Waals surface area contributed by atoms with Crippen LogP contribution in [0.25, 0.3) is 0 Å². The van der Waals surface area contributed by atoms with Gasteiger partial charge >= 0.3 is 12.4 Å². The number of nitrogens with two attached hydrogens (primary N) is 1. The number of ketones is 1. The number of hydrogen-bond donors (Lipinski definition) is 1. The summed E-state index contributed by atoms with van der Waals surface area (Å²) in [4.78, 5) is 16.0. The maximum absolute atomic E-state index is 13.1. The second-order valence-electron chi connectivity index (χ2n) is 7.98. The van der Waals surface area contributed by atoms with Crippen molar-refractivity contribution < 1.29 is 31.1 Å². The minimum atomic E-state index is -5.04. The van der Waals surface area contributed by atoms with Crippen LogP contribution in [0.2, 0.25) is 0 Å². The molecule has 26 heavy (non-hydrogen) atoms. The van der Waals surface area contributed by atoms with E-state index >= 15 is 0 Å². The van der Waals surface area contributed by atoms with Gasteiger partial charge in [-0.3, -0.25) is 4.79 Å². The number of rotatable bonds is 1. The van der Waals surface area contributed by atoms with Gasteiger partial charge in [0, 0.05) is 17.0 Å². The molecule has 146 valence electrons. The van der Waals surface area contributed by atoms with Gasteiger partial charge in [0.15, 0.2) is 5.78 Å². The van der Waals surface area contributed by atoms with Gasteiger partial charge in [0.2, 0.25) is 0 Å². The molecule has 1 heterocycles. The van der Waals surface area contributed by atoms with Gasteiger partial charge in [-0.25, -0.2) is 4.98 Å². The summed E-state index contributed by atoms with van der Waals surface area (Å²) in [6.45, 7) is 6.30. The quantitative estimate of drug-likeness (QED) is 0.725. The third-order valence-corrected chi connectivity index (χ3v) is 4.98. The SMILES string of the molecule is CC1(C)CC(N)C(=O)C(C)(C)C1c1cc(C(F)(F)F)cc(C(F)(F)F)n1. The van der Waals surface area contributed by atoms with Crippen molar-refractivity contribution in [3.8, 4) is 0 Å². The van der Waals surface area contributed by atoms with Crippen molar-refractivity contribution in [3.05, 3.63) is 29.1 Å². The molecule has 0 aliphatic heterocycles. The summed E-state index contributed by atoms with van der Waals surface area (Å²) < 4.78 is 78.8. The fourth-order valence-electron chi connectivity index (χ4n) is 4.15. The zero-order valence-electron chi connectivity index (χ0n) is 14.7. The van der Waals surface area contributed by atoms with Gasteiger partial charge in [0.25, 0.3) is 0 Å². The van der Waals surface area contributed by atoms with E-state index in [1.54, 1.807) is 13.8 Å². The van der Waals surface area contributed by atoms with E-state index in [0.29, 0.717) is 6.07 Å². The lowest BCUT2D eigenvalue weighted by Gasteiger charge is -2.50. The number of aromatic nitrogens is 1. The number of carbonyl (C=O) groups excluding carboxylic acids is 1. The predicted molar refractivity (Wildman–Crippen MR) is 82.1 cm³/mol. The molecule has 1 aliphatic rings. The van der Waals surface area contributed by atoms with Crippen LogP contribution in [-0.2, 0) is 17.1 Å². The fraction of sp³-hybridized carbons (Fsp3) is 0.647. The first kappa shape index (κ1) is 20.7. The van der Waals surface area contributed by atoms with Crippen LogP contribution in [0.15, 0.2) is 12.1 Å². The van der Waals surface area contributed by atoms with E-state index in [-0.39, 0.29) is 12.5 Å². The Kier molecular flexibility index (Phi) is 4.72. The standard InChI is InChI=1S/C17H20F6N2O/c1-14(2)7-9(24)13(26)15(3,4)12(14)10-5-8(16(18,19)20)6-11(25-10)17(21,22)23/h5-6,9,12H,7,24H2,1-4H3. The molecule has 0 bridgehead atoms. The Morgan fingerprint density at radius 1 is 1.04 bits per heavy atom. The Morgan fingerprint density at radius 3 is 2.04 bits per heavy atom. The van der Waals surface area contributed by atoms with Crippen molar-refractivity contribution in [1.82, 2.24) is 4.98 Å². The fourth-order valence-corrected chi connectivity index (χ4v) is 4.15. The van der Waals surface area contributed by atoms with Crippen molar-refractivity contribution in [1.29, 1.82) is 0 Å². The van der Waals surface area contributed by atoms with E-state index in [0.717, 1.165) is 0 Å². The Hall–Kier alpha value is -1.64. The molecule has 0 spiro atoms. The van der Waals surface area contributed by atoms with Crippen LogP contribution in [0.3, 0.4) is 0 Å². The first-order chi connectivity index (χ1) is 11.5. The monoisotopic (exact) mass is 382 g/mol. The van der Waals surface area contributed by atoms with E-state index in [2.05, 4.69) is 4.98 Å². The minimum Gasteiger partial charge on any atom is -0.321 e. The number of alkyl halides is 6. The molecule has 9 heteroatoms. The van der Waals surface area contributed by atoms with E-state index in [4.69, 9.17) is 5.73 Å². The summed E-state index contributed by atoms with van der Waals surface area (Å²) in [5.74, 6) is -1.36. The Labute approximate surface area is 147 Å². The molecule has 2 unspecified atom stereocenters. The highest BCUT2D eigenvalue weighted by atomic mass is 19.4. The molecule has 1 aromatic heterocycles. The Bertz CT molecular complexity index is 689. The van der Waals surface area contributed by atoms with Gasteiger partial charge in [-0.1, -0.05) is 27.7 Å². The van der Waals surface area contributed by atoms with Crippen molar-refractivity contribution >= 4 is 5.78 Å². The summed E-state index contributed by atoms with van der Waals surface area (Å²) in [5.41, 5.74) is 0.283. The number of carbonyl (C=O) groups is 1. The van der Waals surface area contributed by atoms with E-state index in [9.17, 15) is 31.1 Å². The van der Waals surface area contributed by atoms with Crippen LogP contribution in [0.1, 0.15) is 57.0 Å². The molecule has 1 aliphatic carbocycles. The van der Waals surface area contributed by atoms with Crippen molar-refractivity contribution in [3.63, 3.8) is 0 Å².